The van der Waals surface area contributed by atoms with Gasteiger partial charge in [-0.25, -0.2) is 4.98 Å². The summed E-state index contributed by atoms with van der Waals surface area (Å²) in [6.07, 6.45) is -3.70. The number of ether oxygens (including phenoxy) is 3. The molecule has 0 saturated heterocycles. The van der Waals surface area contributed by atoms with Crippen LogP contribution in [-0.2, 0) is 22.1 Å². The Bertz CT molecular complexity index is 1580. The van der Waals surface area contributed by atoms with Crippen molar-refractivity contribution in [2.45, 2.75) is 44.4 Å². The minimum Gasteiger partial charge on any atom is -0.492 e. The number of alkyl halides is 3. The summed E-state index contributed by atoms with van der Waals surface area (Å²) >= 11 is 0. The van der Waals surface area contributed by atoms with Gasteiger partial charge in [-0.05, 0) is 54.2 Å². The minimum absolute atomic E-state index is 0.0914. The van der Waals surface area contributed by atoms with Crippen LogP contribution in [-0.4, -0.2) is 34.9 Å². The molecule has 10 heteroatoms. The van der Waals surface area contributed by atoms with Crippen molar-refractivity contribution >= 4 is 5.97 Å². The summed E-state index contributed by atoms with van der Waals surface area (Å²) in [5.74, 6) is 1.94. The topological polar surface area (TPSA) is 86.3 Å². The van der Waals surface area contributed by atoms with Crippen molar-refractivity contribution in [1.82, 2.24) is 15.2 Å². The Morgan fingerprint density at radius 2 is 1.82 bits per heavy atom. The number of halogens is 3. The molecular weight excluding hydrogens is 523 g/mol. The van der Waals surface area contributed by atoms with Crippen molar-refractivity contribution in [3.8, 4) is 34.0 Å². The second kappa shape index (κ2) is 10.0. The summed E-state index contributed by atoms with van der Waals surface area (Å²) in [4.78, 5) is 16.0. The summed E-state index contributed by atoms with van der Waals surface area (Å²) in [6, 6.07) is 15.0. The molecule has 0 fully saturated rings. The van der Waals surface area contributed by atoms with Gasteiger partial charge in [0, 0.05) is 23.1 Å². The molecule has 2 atom stereocenters. The zero-order chi connectivity index (χ0) is 28.0. The van der Waals surface area contributed by atoms with Gasteiger partial charge in [0.1, 0.15) is 23.4 Å². The first-order chi connectivity index (χ1) is 19.2. The number of hydrogen-bond acceptors (Lipinski definition) is 6. The highest BCUT2D eigenvalue weighted by atomic mass is 19.4. The van der Waals surface area contributed by atoms with Gasteiger partial charge in [-0.1, -0.05) is 36.4 Å². The smallest absolute Gasteiger partial charge is 0.417 e. The van der Waals surface area contributed by atoms with Crippen molar-refractivity contribution in [1.29, 1.82) is 0 Å². The van der Waals surface area contributed by atoms with Crippen molar-refractivity contribution in [2.75, 3.05) is 13.7 Å². The van der Waals surface area contributed by atoms with Gasteiger partial charge in [-0.2, -0.15) is 18.3 Å². The summed E-state index contributed by atoms with van der Waals surface area (Å²) in [5, 5.41) is 6.91. The summed E-state index contributed by atoms with van der Waals surface area (Å²) in [6.45, 7) is 2.16. The van der Waals surface area contributed by atoms with E-state index in [1.165, 1.54) is 13.2 Å². The van der Waals surface area contributed by atoms with Crippen LogP contribution in [0.4, 0.5) is 13.2 Å². The maximum atomic E-state index is 14.2. The molecule has 40 heavy (non-hydrogen) atoms. The number of aromatic nitrogens is 3. The van der Waals surface area contributed by atoms with Crippen LogP contribution in [0, 0.1) is 6.92 Å². The first kappa shape index (κ1) is 25.9. The maximum Gasteiger partial charge on any atom is 0.417 e. The second-order valence-electron chi connectivity index (χ2n) is 10.0. The van der Waals surface area contributed by atoms with Crippen molar-refractivity contribution in [3.05, 3.63) is 82.7 Å². The van der Waals surface area contributed by atoms with Crippen LogP contribution in [0.2, 0.25) is 0 Å². The Morgan fingerprint density at radius 1 is 1.07 bits per heavy atom. The molecule has 2 unspecified atom stereocenters. The maximum absolute atomic E-state index is 14.2. The molecule has 1 aliphatic carbocycles. The number of fused-ring (bicyclic) bond motifs is 2. The third-order valence-corrected chi connectivity index (χ3v) is 7.47. The molecule has 0 bridgehead atoms. The molecule has 1 N–H and O–H groups in total. The van der Waals surface area contributed by atoms with Gasteiger partial charge in [0.25, 0.3) is 0 Å². The molecule has 6 rings (SSSR count). The predicted octanol–water partition coefficient (Wildman–Crippen LogP) is 6.57. The molecule has 1 aromatic heterocycles. The average Bonchev–Trinajstić information content (AvgIpc) is 3.66. The third-order valence-electron chi connectivity index (χ3n) is 7.47. The molecular formula is C30H26F3N3O4. The second-order valence-corrected chi connectivity index (χ2v) is 10.0. The number of nitrogens with zero attached hydrogens (tertiary/aromatic N) is 2. The highest BCUT2D eigenvalue weighted by molar-refractivity contribution is 5.76. The highest BCUT2D eigenvalue weighted by Crippen LogP contribution is 2.47. The first-order valence-electron chi connectivity index (χ1n) is 12.9. The number of carbonyl (C=O) groups is 1. The highest BCUT2D eigenvalue weighted by Gasteiger charge is 2.38. The van der Waals surface area contributed by atoms with Crippen LogP contribution in [0.3, 0.4) is 0 Å². The predicted molar refractivity (Wildman–Crippen MR) is 140 cm³/mol. The van der Waals surface area contributed by atoms with Crippen LogP contribution in [0.1, 0.15) is 52.9 Å². The number of esters is 1. The molecule has 206 valence electrons. The van der Waals surface area contributed by atoms with E-state index in [0.29, 0.717) is 59.3 Å². The van der Waals surface area contributed by atoms with E-state index in [-0.39, 0.29) is 23.9 Å². The molecule has 0 spiro atoms. The SMILES string of the molecule is COC(=O)CC1COc2cc(OC3CCc4c3ccc(C(F)(F)F)c4-c3ccc(-c4n[nH]c(C)n4)cc3)ccc21. The lowest BCUT2D eigenvalue weighted by Crippen LogP contribution is -2.10. The van der Waals surface area contributed by atoms with E-state index in [2.05, 4.69) is 15.2 Å². The molecule has 2 aliphatic rings. The Labute approximate surface area is 228 Å². The van der Waals surface area contributed by atoms with E-state index in [0.717, 1.165) is 17.2 Å². The Balaban J connectivity index is 1.30. The number of nitrogens with one attached hydrogen (secondary N) is 1. The van der Waals surface area contributed by atoms with E-state index in [9.17, 15) is 18.0 Å². The van der Waals surface area contributed by atoms with E-state index in [1.807, 2.05) is 12.1 Å². The molecule has 0 amide bonds. The quantitative estimate of drug-likeness (QED) is 0.274. The van der Waals surface area contributed by atoms with Crippen LogP contribution in [0.5, 0.6) is 11.5 Å². The molecule has 2 heterocycles. The van der Waals surface area contributed by atoms with Gasteiger partial charge in [0.15, 0.2) is 5.82 Å². The normalized spacial score (nSPS) is 17.7. The van der Waals surface area contributed by atoms with Crippen LogP contribution in [0.25, 0.3) is 22.5 Å². The standard InChI is InChI=1S/C30H26F3N3O4/c1-16-34-29(36-35-16)18-5-3-17(4-6-18)28-23-10-12-25(22(23)9-11-24(28)30(31,32)33)40-20-7-8-21-19(13-27(37)38-2)15-39-26(21)14-20/h3-9,11,14,19,25H,10,12-13,15H2,1-2H3,(H,34,35,36). The average molecular weight is 550 g/mol. The largest absolute Gasteiger partial charge is 0.492 e. The van der Waals surface area contributed by atoms with E-state index >= 15 is 0 Å². The fraction of sp³-hybridized carbons (Fsp3) is 0.300. The van der Waals surface area contributed by atoms with Gasteiger partial charge in [0.05, 0.1) is 25.7 Å². The van der Waals surface area contributed by atoms with Crippen LogP contribution in [0.15, 0.2) is 54.6 Å². The van der Waals surface area contributed by atoms with Gasteiger partial charge >= 0.3 is 12.1 Å². The number of aromatic amines is 1. The number of methoxy groups -OCH3 is 1. The van der Waals surface area contributed by atoms with Crippen LogP contribution >= 0.6 is 0 Å². The zero-order valence-corrected chi connectivity index (χ0v) is 21.8. The van der Waals surface area contributed by atoms with Crippen LogP contribution < -0.4 is 9.47 Å². The molecule has 4 aromatic rings. The van der Waals surface area contributed by atoms with Gasteiger partial charge < -0.3 is 14.2 Å². The zero-order valence-electron chi connectivity index (χ0n) is 21.8. The van der Waals surface area contributed by atoms with Gasteiger partial charge in [-0.3, -0.25) is 9.89 Å². The van der Waals surface area contributed by atoms with Crippen molar-refractivity contribution < 1.29 is 32.2 Å². The van der Waals surface area contributed by atoms with E-state index in [1.54, 1.807) is 37.3 Å². The molecule has 0 radical (unpaired) electrons. The van der Waals surface area contributed by atoms with Gasteiger partial charge in [0.2, 0.25) is 0 Å². The molecule has 7 nitrogen and oxygen atoms in total. The minimum atomic E-state index is -4.51. The van der Waals surface area contributed by atoms with Gasteiger partial charge in [-0.15, -0.1) is 0 Å². The van der Waals surface area contributed by atoms with Crippen molar-refractivity contribution in [3.63, 3.8) is 0 Å². The summed E-state index contributed by atoms with van der Waals surface area (Å²) in [5.41, 5.74) is 2.98. The monoisotopic (exact) mass is 549 g/mol. The molecule has 3 aromatic carbocycles. The first-order valence-corrected chi connectivity index (χ1v) is 12.9. The van der Waals surface area contributed by atoms with E-state index in [4.69, 9.17) is 14.2 Å². The molecule has 1 aliphatic heterocycles. The number of H-pyrrole nitrogens is 1. The Morgan fingerprint density at radius 3 is 2.52 bits per heavy atom. The number of rotatable bonds is 6. The lowest BCUT2D eigenvalue weighted by Gasteiger charge is -2.20. The fourth-order valence-electron chi connectivity index (χ4n) is 5.56. The summed E-state index contributed by atoms with van der Waals surface area (Å²) < 4.78 is 59.3. The number of hydrogen-bond donors (Lipinski definition) is 1. The lowest BCUT2D eigenvalue weighted by molar-refractivity contribution is -0.141. The summed E-state index contributed by atoms with van der Waals surface area (Å²) in [7, 11) is 1.35. The fourth-order valence-corrected chi connectivity index (χ4v) is 5.56. The number of aryl methyl sites for hydroxylation is 1. The molecule has 0 saturated carbocycles. The Kier molecular flexibility index (Phi) is 6.48. The number of carbonyl (C=O) groups excluding carboxylic acids is 1. The third kappa shape index (κ3) is 4.78. The van der Waals surface area contributed by atoms with E-state index < -0.39 is 17.8 Å². The van der Waals surface area contributed by atoms with Crippen molar-refractivity contribution in [2.24, 2.45) is 0 Å². The number of benzene rings is 3. The Hall–Kier alpha value is -4.34. The lowest BCUT2D eigenvalue weighted by atomic mass is 9.91.